The number of aliphatic carboxylic acids is 1. The van der Waals surface area contributed by atoms with Crippen molar-refractivity contribution in [2.24, 2.45) is 5.73 Å². The fourth-order valence-corrected chi connectivity index (χ4v) is 8.82. The van der Waals surface area contributed by atoms with E-state index in [0.717, 1.165) is 107 Å². The van der Waals surface area contributed by atoms with E-state index in [4.69, 9.17) is 38.2 Å². The SMILES string of the molecule is CCCCCc1cc(C)c(CCCCCCCCCCCCC(=O)OCC(COP(=O)(O)OCC(N)C(=O)O)OC(=O)CCCCCCCCCCCCc2oc(CCCCC)cc2C)o1. The predicted octanol–water partition coefficient (Wildman–Crippen LogP) is 13.3. The zero-order valence-electron chi connectivity index (χ0n) is 41.6. The molecule has 0 aliphatic rings. The molecule has 0 amide bonds. The molecule has 3 atom stereocenters. The molecule has 14 heteroatoms. The van der Waals surface area contributed by atoms with Gasteiger partial charge < -0.3 is 34.0 Å². The Hall–Kier alpha value is -2.96. The minimum Gasteiger partial charge on any atom is -0.480 e. The third-order valence-electron chi connectivity index (χ3n) is 12.2. The van der Waals surface area contributed by atoms with Crippen molar-refractivity contribution >= 4 is 25.7 Å². The first-order valence-electron chi connectivity index (χ1n) is 25.9. The van der Waals surface area contributed by atoms with Gasteiger partial charge in [0.1, 0.15) is 35.7 Å². The second kappa shape index (κ2) is 37.0. The number of phosphoric ester groups is 1. The molecule has 0 saturated carbocycles. The number of unbranched alkanes of at least 4 members (excludes halogenated alkanes) is 22. The molecule has 0 fully saturated rings. The molecule has 0 aliphatic carbocycles. The summed E-state index contributed by atoms with van der Waals surface area (Å²) in [6.07, 6.45) is 32.3. The lowest BCUT2D eigenvalue weighted by molar-refractivity contribution is -0.161. The van der Waals surface area contributed by atoms with Crippen LogP contribution in [-0.2, 0) is 63.2 Å². The summed E-state index contributed by atoms with van der Waals surface area (Å²) in [5, 5.41) is 8.94. The number of carboxylic acids is 1. The van der Waals surface area contributed by atoms with Crippen molar-refractivity contribution < 1.29 is 56.3 Å². The lowest BCUT2D eigenvalue weighted by Crippen LogP contribution is -2.34. The Labute approximate surface area is 398 Å². The van der Waals surface area contributed by atoms with Crippen molar-refractivity contribution in [3.63, 3.8) is 0 Å². The number of rotatable bonds is 44. The lowest BCUT2D eigenvalue weighted by Gasteiger charge is -2.20. The molecule has 0 saturated heterocycles. The number of carbonyl (C=O) groups is 3. The van der Waals surface area contributed by atoms with E-state index in [1.807, 2.05) is 0 Å². The van der Waals surface area contributed by atoms with Crippen molar-refractivity contribution in [1.29, 1.82) is 0 Å². The highest BCUT2D eigenvalue weighted by Crippen LogP contribution is 2.43. The van der Waals surface area contributed by atoms with E-state index in [1.165, 1.54) is 107 Å². The third kappa shape index (κ3) is 29.7. The number of furan rings is 2. The number of carbonyl (C=O) groups excluding carboxylic acids is 2. The topological polar surface area (TPSA) is 198 Å². The molecule has 380 valence electrons. The zero-order chi connectivity index (χ0) is 48.3. The number of carboxylic acid groups (broad SMARTS) is 1. The van der Waals surface area contributed by atoms with E-state index in [-0.39, 0.29) is 19.4 Å². The molecule has 4 N–H and O–H groups in total. The van der Waals surface area contributed by atoms with Gasteiger partial charge in [-0.15, -0.1) is 0 Å². The van der Waals surface area contributed by atoms with Crippen LogP contribution in [0.2, 0.25) is 0 Å². The van der Waals surface area contributed by atoms with E-state index in [9.17, 15) is 23.8 Å². The molecule has 66 heavy (non-hydrogen) atoms. The number of ether oxygens (including phenoxy) is 2. The standard InChI is InChI=1S/C52H90NO12P/c1-5-7-25-31-44-37-42(3)48(63-44)33-27-21-17-13-9-11-15-19-23-29-35-50(54)60-39-46(40-61-66(58,59)62-41-47(53)52(56)57)65-51(55)36-30-24-20-16-12-10-14-18-22-28-34-49-43(4)38-45(64-49)32-26-8-6-2/h37-38,46-47H,5-36,39-41,53H2,1-4H3,(H,56,57)(H,58,59). The normalized spacial score (nSPS) is 13.4. The summed E-state index contributed by atoms with van der Waals surface area (Å²) in [4.78, 5) is 46.4. The molecule has 0 bridgehead atoms. The van der Waals surface area contributed by atoms with Crippen LogP contribution in [0, 0.1) is 13.8 Å². The first-order chi connectivity index (χ1) is 31.8. The van der Waals surface area contributed by atoms with E-state index in [0.29, 0.717) is 12.8 Å². The highest BCUT2D eigenvalue weighted by atomic mass is 31.2. The van der Waals surface area contributed by atoms with E-state index in [2.05, 4.69) is 39.8 Å². The molecular formula is C52H90NO12P. The Morgan fingerprint density at radius 2 is 0.939 bits per heavy atom. The molecule has 3 unspecified atom stereocenters. The molecular weight excluding hydrogens is 862 g/mol. The van der Waals surface area contributed by atoms with Crippen molar-refractivity contribution in [2.75, 3.05) is 19.8 Å². The maximum Gasteiger partial charge on any atom is 0.472 e. The van der Waals surface area contributed by atoms with Gasteiger partial charge in [0.25, 0.3) is 0 Å². The Bertz CT molecular complexity index is 1620. The average Bonchev–Trinajstić information content (AvgIpc) is 3.83. The second-order valence-electron chi connectivity index (χ2n) is 18.4. The molecule has 0 aliphatic heterocycles. The van der Waals surface area contributed by atoms with E-state index in [1.54, 1.807) is 0 Å². The minimum atomic E-state index is -4.74. The van der Waals surface area contributed by atoms with Crippen LogP contribution in [0.3, 0.4) is 0 Å². The van der Waals surface area contributed by atoms with Crippen molar-refractivity contribution in [3.8, 4) is 0 Å². The van der Waals surface area contributed by atoms with Crippen LogP contribution in [-0.4, -0.2) is 59.9 Å². The van der Waals surface area contributed by atoms with Gasteiger partial charge in [-0.3, -0.25) is 23.4 Å². The minimum absolute atomic E-state index is 0.145. The first kappa shape index (κ1) is 59.2. The summed E-state index contributed by atoms with van der Waals surface area (Å²) >= 11 is 0. The maximum absolute atomic E-state index is 12.7. The summed E-state index contributed by atoms with van der Waals surface area (Å²) in [6.45, 7) is 7.03. The number of esters is 2. The maximum atomic E-state index is 12.7. The van der Waals surface area contributed by atoms with Gasteiger partial charge in [0.05, 0.1) is 13.2 Å². The molecule has 2 aromatic rings. The van der Waals surface area contributed by atoms with Crippen LogP contribution in [0.1, 0.15) is 228 Å². The Kier molecular flexibility index (Phi) is 33.2. The molecule has 2 heterocycles. The fraction of sp³-hybridized carbons (Fsp3) is 0.788. The van der Waals surface area contributed by atoms with Crippen molar-refractivity contribution in [3.05, 3.63) is 46.3 Å². The quantitative estimate of drug-likeness (QED) is 0.0322. The van der Waals surface area contributed by atoms with Gasteiger partial charge in [-0.1, -0.05) is 142 Å². The number of aryl methyl sites for hydroxylation is 6. The van der Waals surface area contributed by atoms with E-state index >= 15 is 0 Å². The van der Waals surface area contributed by atoms with Gasteiger partial charge in [0, 0.05) is 38.5 Å². The average molecular weight is 952 g/mol. The smallest absolute Gasteiger partial charge is 0.472 e. The zero-order valence-corrected chi connectivity index (χ0v) is 42.5. The van der Waals surface area contributed by atoms with Gasteiger partial charge in [0.15, 0.2) is 6.10 Å². The van der Waals surface area contributed by atoms with Crippen LogP contribution >= 0.6 is 7.82 Å². The highest BCUT2D eigenvalue weighted by molar-refractivity contribution is 7.47. The first-order valence-corrected chi connectivity index (χ1v) is 27.4. The summed E-state index contributed by atoms with van der Waals surface area (Å²) in [5.74, 6) is 2.16. The monoisotopic (exact) mass is 952 g/mol. The number of phosphoric acid groups is 1. The number of nitrogens with two attached hydrogens (primary N) is 1. The molecule has 0 spiro atoms. The molecule has 0 aromatic carbocycles. The molecule has 0 radical (unpaired) electrons. The third-order valence-corrected chi connectivity index (χ3v) is 13.1. The summed E-state index contributed by atoms with van der Waals surface area (Å²) < 4.78 is 45.1. The molecule has 2 aromatic heterocycles. The Morgan fingerprint density at radius 3 is 1.36 bits per heavy atom. The second-order valence-corrected chi connectivity index (χ2v) is 19.9. The summed E-state index contributed by atoms with van der Waals surface area (Å²) in [7, 11) is -4.74. The van der Waals surface area contributed by atoms with Crippen molar-refractivity contribution in [2.45, 2.75) is 245 Å². The molecule has 13 nitrogen and oxygen atoms in total. The lowest BCUT2D eigenvalue weighted by atomic mass is 10.0. The molecule has 2 rings (SSSR count). The van der Waals surface area contributed by atoms with Crippen LogP contribution in [0.4, 0.5) is 0 Å². The van der Waals surface area contributed by atoms with Gasteiger partial charge in [-0.25, -0.2) is 4.57 Å². The number of hydrogen-bond donors (Lipinski definition) is 3. The van der Waals surface area contributed by atoms with Crippen LogP contribution in [0.15, 0.2) is 21.0 Å². The summed E-state index contributed by atoms with van der Waals surface area (Å²) in [6, 6.07) is 2.89. The fourth-order valence-electron chi connectivity index (χ4n) is 8.04. The Morgan fingerprint density at radius 1 is 0.561 bits per heavy atom. The van der Waals surface area contributed by atoms with E-state index < -0.39 is 51.1 Å². The van der Waals surface area contributed by atoms with Crippen LogP contribution < -0.4 is 5.73 Å². The predicted molar refractivity (Wildman–Crippen MR) is 261 cm³/mol. The highest BCUT2D eigenvalue weighted by Gasteiger charge is 2.28. The van der Waals surface area contributed by atoms with Gasteiger partial charge >= 0.3 is 25.7 Å². The largest absolute Gasteiger partial charge is 0.480 e. The number of hydrogen-bond acceptors (Lipinski definition) is 11. The van der Waals surface area contributed by atoms with Gasteiger partial charge in [-0.05, 0) is 75.6 Å². The van der Waals surface area contributed by atoms with Crippen molar-refractivity contribution in [1.82, 2.24) is 0 Å². The van der Waals surface area contributed by atoms with Crippen LogP contribution in [0.25, 0.3) is 0 Å². The Balaban J connectivity index is 1.57. The van der Waals surface area contributed by atoms with Gasteiger partial charge in [-0.2, -0.15) is 0 Å². The van der Waals surface area contributed by atoms with Gasteiger partial charge in [0.2, 0.25) is 0 Å². The summed E-state index contributed by atoms with van der Waals surface area (Å²) in [5.41, 5.74) is 7.93. The van der Waals surface area contributed by atoms with Crippen LogP contribution in [0.5, 0.6) is 0 Å².